The maximum atomic E-state index is 5.26. The Morgan fingerprint density at radius 3 is 2.55 bits per heavy atom. The summed E-state index contributed by atoms with van der Waals surface area (Å²) in [6.45, 7) is 9.09. The first-order valence-electron chi connectivity index (χ1n) is 7.56. The van der Waals surface area contributed by atoms with Gasteiger partial charge in [0.25, 0.3) is 0 Å². The fourth-order valence-corrected chi connectivity index (χ4v) is 2.75. The Morgan fingerprint density at radius 1 is 1.20 bits per heavy atom. The lowest BCUT2D eigenvalue weighted by Crippen LogP contribution is -2.22. The van der Waals surface area contributed by atoms with E-state index in [2.05, 4.69) is 54.2 Å². The lowest BCUT2D eigenvalue weighted by Gasteiger charge is -2.13. The highest BCUT2D eigenvalue weighted by molar-refractivity contribution is 9.10. The van der Waals surface area contributed by atoms with Gasteiger partial charge in [-0.3, -0.25) is 0 Å². The average molecular weight is 342 g/mol. The van der Waals surface area contributed by atoms with Crippen molar-refractivity contribution >= 4 is 15.9 Å². The summed E-state index contributed by atoms with van der Waals surface area (Å²) in [5.74, 6) is 2.40. The molecule has 0 saturated heterocycles. The SMILES string of the molecule is COc1ccc(CCC(C)CCNCC(C)C)cc1Br. The van der Waals surface area contributed by atoms with Crippen LogP contribution in [0, 0.1) is 11.8 Å². The number of halogens is 1. The van der Waals surface area contributed by atoms with E-state index in [-0.39, 0.29) is 0 Å². The number of hydrogen-bond donors (Lipinski definition) is 1. The molecular weight excluding hydrogens is 314 g/mol. The molecular formula is C17H28BrNO. The van der Waals surface area contributed by atoms with Gasteiger partial charge in [0.2, 0.25) is 0 Å². The smallest absolute Gasteiger partial charge is 0.133 e. The van der Waals surface area contributed by atoms with Crippen molar-refractivity contribution < 1.29 is 4.74 Å². The van der Waals surface area contributed by atoms with Gasteiger partial charge in [-0.2, -0.15) is 0 Å². The molecule has 0 radical (unpaired) electrons. The molecule has 0 spiro atoms. The zero-order valence-corrected chi connectivity index (χ0v) is 14.8. The van der Waals surface area contributed by atoms with Crippen molar-refractivity contribution in [3.8, 4) is 5.75 Å². The second-order valence-corrected chi connectivity index (χ2v) is 6.85. The number of benzene rings is 1. The van der Waals surface area contributed by atoms with Crippen LogP contribution in [0.4, 0.5) is 0 Å². The van der Waals surface area contributed by atoms with Crippen LogP contribution in [0.1, 0.15) is 39.2 Å². The molecule has 0 bridgehead atoms. The number of nitrogens with one attached hydrogen (secondary N) is 1. The maximum Gasteiger partial charge on any atom is 0.133 e. The van der Waals surface area contributed by atoms with Gasteiger partial charge in [0.1, 0.15) is 5.75 Å². The highest BCUT2D eigenvalue weighted by Crippen LogP contribution is 2.26. The molecule has 1 unspecified atom stereocenters. The standard InChI is InChI=1S/C17H28BrNO/c1-13(2)12-19-10-9-14(3)5-6-15-7-8-17(20-4)16(18)11-15/h7-8,11,13-14,19H,5-6,9-10,12H2,1-4H3. The number of methoxy groups -OCH3 is 1. The Kier molecular flexibility index (Phi) is 8.24. The summed E-state index contributed by atoms with van der Waals surface area (Å²) in [6.07, 6.45) is 3.63. The highest BCUT2D eigenvalue weighted by Gasteiger charge is 2.05. The van der Waals surface area contributed by atoms with Gasteiger partial charge in [-0.25, -0.2) is 0 Å². The molecule has 0 aliphatic carbocycles. The molecule has 0 fully saturated rings. The van der Waals surface area contributed by atoms with Crippen LogP contribution in [0.15, 0.2) is 22.7 Å². The van der Waals surface area contributed by atoms with E-state index in [1.54, 1.807) is 7.11 Å². The summed E-state index contributed by atoms with van der Waals surface area (Å²) in [7, 11) is 1.70. The molecule has 3 heteroatoms. The van der Waals surface area contributed by atoms with Crippen LogP contribution in [0.2, 0.25) is 0 Å². The molecule has 0 saturated carbocycles. The van der Waals surface area contributed by atoms with Gasteiger partial charge in [-0.05, 0) is 77.8 Å². The zero-order chi connectivity index (χ0) is 15.0. The van der Waals surface area contributed by atoms with Crippen molar-refractivity contribution in [2.24, 2.45) is 11.8 Å². The maximum absolute atomic E-state index is 5.26. The van der Waals surface area contributed by atoms with E-state index in [4.69, 9.17) is 4.74 Å². The van der Waals surface area contributed by atoms with Crippen molar-refractivity contribution in [3.63, 3.8) is 0 Å². The van der Waals surface area contributed by atoms with Gasteiger partial charge in [0, 0.05) is 0 Å². The van der Waals surface area contributed by atoms with E-state index in [0.29, 0.717) is 0 Å². The molecule has 20 heavy (non-hydrogen) atoms. The number of ether oxygens (including phenoxy) is 1. The van der Waals surface area contributed by atoms with Crippen LogP contribution in [0.5, 0.6) is 5.75 Å². The summed E-state index contributed by atoms with van der Waals surface area (Å²) in [4.78, 5) is 0. The summed E-state index contributed by atoms with van der Waals surface area (Å²) in [6, 6.07) is 6.37. The molecule has 1 aromatic carbocycles. The third-order valence-electron chi connectivity index (χ3n) is 3.51. The normalized spacial score (nSPS) is 12.7. The van der Waals surface area contributed by atoms with Crippen molar-refractivity contribution in [3.05, 3.63) is 28.2 Å². The summed E-state index contributed by atoms with van der Waals surface area (Å²) >= 11 is 3.54. The predicted molar refractivity (Wildman–Crippen MR) is 90.5 cm³/mol. The van der Waals surface area contributed by atoms with E-state index in [1.807, 2.05) is 6.07 Å². The first-order chi connectivity index (χ1) is 9.52. The van der Waals surface area contributed by atoms with Gasteiger partial charge in [0.05, 0.1) is 11.6 Å². The zero-order valence-electron chi connectivity index (χ0n) is 13.2. The largest absolute Gasteiger partial charge is 0.496 e. The molecule has 0 aliphatic heterocycles. The minimum absolute atomic E-state index is 0.738. The van der Waals surface area contributed by atoms with Gasteiger partial charge in [-0.15, -0.1) is 0 Å². The van der Waals surface area contributed by atoms with E-state index >= 15 is 0 Å². The van der Waals surface area contributed by atoms with Crippen LogP contribution >= 0.6 is 15.9 Å². The number of hydrogen-bond acceptors (Lipinski definition) is 2. The monoisotopic (exact) mass is 341 g/mol. The van der Waals surface area contributed by atoms with E-state index in [9.17, 15) is 0 Å². The quantitative estimate of drug-likeness (QED) is 0.659. The molecule has 2 nitrogen and oxygen atoms in total. The van der Waals surface area contributed by atoms with Gasteiger partial charge in [0.15, 0.2) is 0 Å². The average Bonchev–Trinajstić information content (AvgIpc) is 2.41. The fourth-order valence-electron chi connectivity index (χ4n) is 2.16. The van der Waals surface area contributed by atoms with E-state index in [0.717, 1.165) is 41.6 Å². The molecule has 0 heterocycles. The Morgan fingerprint density at radius 2 is 1.95 bits per heavy atom. The van der Waals surface area contributed by atoms with Crippen LogP contribution in [-0.2, 0) is 6.42 Å². The number of aryl methyl sites for hydroxylation is 1. The summed E-state index contributed by atoms with van der Waals surface area (Å²) < 4.78 is 6.30. The predicted octanol–water partition coefficient (Wildman–Crippen LogP) is 4.66. The lowest BCUT2D eigenvalue weighted by molar-refractivity contribution is 0.411. The van der Waals surface area contributed by atoms with Crippen molar-refractivity contribution in [2.75, 3.05) is 20.2 Å². The highest BCUT2D eigenvalue weighted by atomic mass is 79.9. The first-order valence-corrected chi connectivity index (χ1v) is 8.35. The van der Waals surface area contributed by atoms with Crippen molar-refractivity contribution in [1.82, 2.24) is 5.32 Å². The molecule has 1 aromatic rings. The molecule has 1 atom stereocenters. The molecule has 0 aromatic heterocycles. The molecule has 0 aliphatic rings. The minimum Gasteiger partial charge on any atom is -0.496 e. The Hall–Kier alpha value is -0.540. The van der Waals surface area contributed by atoms with Crippen LogP contribution in [0.3, 0.4) is 0 Å². The van der Waals surface area contributed by atoms with E-state index < -0.39 is 0 Å². The fraction of sp³-hybridized carbons (Fsp3) is 0.647. The summed E-state index contributed by atoms with van der Waals surface area (Å²) in [5.41, 5.74) is 1.37. The van der Waals surface area contributed by atoms with Gasteiger partial charge in [-0.1, -0.05) is 26.8 Å². The van der Waals surface area contributed by atoms with Crippen molar-refractivity contribution in [2.45, 2.75) is 40.0 Å². The van der Waals surface area contributed by atoms with Crippen LogP contribution in [0.25, 0.3) is 0 Å². The summed E-state index contributed by atoms with van der Waals surface area (Å²) in [5, 5.41) is 3.51. The van der Waals surface area contributed by atoms with Crippen molar-refractivity contribution in [1.29, 1.82) is 0 Å². The van der Waals surface area contributed by atoms with Crippen LogP contribution < -0.4 is 10.1 Å². The molecule has 114 valence electrons. The van der Waals surface area contributed by atoms with Gasteiger partial charge < -0.3 is 10.1 Å². The number of rotatable bonds is 9. The van der Waals surface area contributed by atoms with Gasteiger partial charge >= 0.3 is 0 Å². The topological polar surface area (TPSA) is 21.3 Å². The Bertz CT molecular complexity index is 393. The Balaban J connectivity index is 2.26. The Labute approximate surface area is 132 Å². The second-order valence-electron chi connectivity index (χ2n) is 6.00. The lowest BCUT2D eigenvalue weighted by atomic mass is 9.98. The third-order valence-corrected chi connectivity index (χ3v) is 4.13. The van der Waals surface area contributed by atoms with Crippen LogP contribution in [-0.4, -0.2) is 20.2 Å². The molecule has 1 N–H and O–H groups in total. The molecule has 0 amide bonds. The van der Waals surface area contributed by atoms with E-state index in [1.165, 1.54) is 18.4 Å². The minimum atomic E-state index is 0.738. The third kappa shape index (κ3) is 6.76. The first kappa shape index (κ1) is 17.5. The molecule has 1 rings (SSSR count). The second kappa shape index (κ2) is 9.41.